The first-order chi connectivity index (χ1) is 11.1. The monoisotopic (exact) mass is 329 g/mol. The zero-order valence-corrected chi connectivity index (χ0v) is 13.5. The summed E-state index contributed by atoms with van der Waals surface area (Å²) in [7, 11) is 0. The van der Waals surface area contributed by atoms with Gasteiger partial charge in [-0.1, -0.05) is 12.1 Å². The van der Waals surface area contributed by atoms with Gasteiger partial charge in [0.15, 0.2) is 0 Å². The first-order valence-corrected chi connectivity index (χ1v) is 8.53. The first-order valence-electron chi connectivity index (χ1n) is 7.59. The molecule has 0 radical (unpaired) electrons. The van der Waals surface area contributed by atoms with Gasteiger partial charge in [0.1, 0.15) is 0 Å². The molecule has 2 amide bonds. The number of nitrogens with two attached hydrogens (primary N) is 1. The van der Waals surface area contributed by atoms with E-state index in [4.69, 9.17) is 5.73 Å². The molecule has 3 N–H and O–H groups in total. The lowest BCUT2D eigenvalue weighted by atomic mass is 10.1. The number of hydrogen-bond donors (Lipinski definition) is 2. The molecule has 1 aromatic heterocycles. The second-order valence-electron chi connectivity index (χ2n) is 5.70. The SMILES string of the molecule is NC(=O)[C@@H]1CCCN1Cc1cccc(NC(=O)c2ccsc2)c1. The molecule has 0 unspecified atom stereocenters. The van der Waals surface area contributed by atoms with Gasteiger partial charge in [0.25, 0.3) is 5.91 Å². The molecule has 1 aliphatic heterocycles. The maximum absolute atomic E-state index is 12.1. The normalized spacial score (nSPS) is 18.0. The highest BCUT2D eigenvalue weighted by atomic mass is 32.1. The van der Waals surface area contributed by atoms with Crippen molar-refractivity contribution in [3.05, 3.63) is 52.2 Å². The summed E-state index contributed by atoms with van der Waals surface area (Å²) >= 11 is 1.49. The van der Waals surface area contributed by atoms with E-state index in [-0.39, 0.29) is 17.9 Å². The molecule has 120 valence electrons. The summed E-state index contributed by atoms with van der Waals surface area (Å²) in [4.78, 5) is 25.7. The summed E-state index contributed by atoms with van der Waals surface area (Å²) in [5.74, 6) is -0.371. The molecular formula is C17H19N3O2S. The number of hydrogen-bond acceptors (Lipinski definition) is 4. The van der Waals surface area contributed by atoms with Crippen LogP contribution in [0.4, 0.5) is 5.69 Å². The van der Waals surface area contributed by atoms with Gasteiger partial charge in [-0.05, 0) is 48.5 Å². The minimum absolute atomic E-state index is 0.111. The highest BCUT2D eigenvalue weighted by molar-refractivity contribution is 7.08. The van der Waals surface area contributed by atoms with E-state index in [1.165, 1.54) is 11.3 Å². The lowest BCUT2D eigenvalue weighted by Gasteiger charge is -2.22. The van der Waals surface area contributed by atoms with Gasteiger partial charge in [0, 0.05) is 17.6 Å². The number of anilines is 1. The lowest BCUT2D eigenvalue weighted by Crippen LogP contribution is -2.39. The maximum atomic E-state index is 12.1. The molecule has 5 nitrogen and oxygen atoms in total. The molecule has 3 rings (SSSR count). The molecule has 0 saturated carbocycles. The quantitative estimate of drug-likeness (QED) is 0.885. The van der Waals surface area contributed by atoms with E-state index >= 15 is 0 Å². The van der Waals surface area contributed by atoms with Crippen molar-refractivity contribution >= 4 is 28.8 Å². The van der Waals surface area contributed by atoms with E-state index in [0.29, 0.717) is 12.1 Å². The van der Waals surface area contributed by atoms with Crippen molar-refractivity contribution in [2.24, 2.45) is 5.73 Å². The summed E-state index contributed by atoms with van der Waals surface area (Å²) in [6.45, 7) is 1.54. The van der Waals surface area contributed by atoms with Crippen LogP contribution in [0.15, 0.2) is 41.1 Å². The zero-order valence-electron chi connectivity index (χ0n) is 12.7. The molecule has 0 spiro atoms. The molecular weight excluding hydrogens is 310 g/mol. The van der Waals surface area contributed by atoms with Gasteiger partial charge in [0.05, 0.1) is 11.6 Å². The molecule has 1 saturated heterocycles. The van der Waals surface area contributed by atoms with E-state index < -0.39 is 0 Å². The number of nitrogens with zero attached hydrogens (tertiary/aromatic N) is 1. The Labute approximate surface area is 139 Å². The minimum Gasteiger partial charge on any atom is -0.368 e. The van der Waals surface area contributed by atoms with Crippen LogP contribution in [0.25, 0.3) is 0 Å². The van der Waals surface area contributed by atoms with Gasteiger partial charge in [-0.15, -0.1) is 0 Å². The predicted octanol–water partition coefficient (Wildman–Crippen LogP) is 2.45. The van der Waals surface area contributed by atoms with Crippen LogP contribution in [-0.2, 0) is 11.3 Å². The van der Waals surface area contributed by atoms with Gasteiger partial charge in [-0.2, -0.15) is 11.3 Å². The van der Waals surface area contributed by atoms with E-state index in [9.17, 15) is 9.59 Å². The van der Waals surface area contributed by atoms with Gasteiger partial charge in [-0.25, -0.2) is 0 Å². The second kappa shape index (κ2) is 6.93. The Morgan fingerprint density at radius 1 is 1.35 bits per heavy atom. The minimum atomic E-state index is -0.260. The molecule has 1 aromatic carbocycles. The van der Waals surface area contributed by atoms with Crippen LogP contribution in [0.3, 0.4) is 0 Å². The third-order valence-corrected chi connectivity index (χ3v) is 4.73. The summed E-state index contributed by atoms with van der Waals surface area (Å²) in [5.41, 5.74) is 7.93. The Kier molecular flexibility index (Phi) is 4.73. The smallest absolute Gasteiger partial charge is 0.256 e. The van der Waals surface area contributed by atoms with E-state index in [1.54, 1.807) is 6.07 Å². The van der Waals surface area contributed by atoms with Crippen molar-refractivity contribution in [1.29, 1.82) is 0 Å². The van der Waals surface area contributed by atoms with Gasteiger partial charge < -0.3 is 11.1 Å². The van der Waals surface area contributed by atoms with Crippen LogP contribution < -0.4 is 11.1 Å². The van der Waals surface area contributed by atoms with Crippen LogP contribution in [0.1, 0.15) is 28.8 Å². The number of thiophene rings is 1. The number of carbonyl (C=O) groups excluding carboxylic acids is 2. The molecule has 23 heavy (non-hydrogen) atoms. The number of amides is 2. The van der Waals surface area contributed by atoms with Crippen LogP contribution >= 0.6 is 11.3 Å². The van der Waals surface area contributed by atoms with Crippen molar-refractivity contribution in [1.82, 2.24) is 4.90 Å². The fourth-order valence-electron chi connectivity index (χ4n) is 2.92. The van der Waals surface area contributed by atoms with Gasteiger partial charge in [-0.3, -0.25) is 14.5 Å². The standard InChI is InChI=1S/C17H19N3O2S/c18-16(21)15-5-2-7-20(15)10-12-3-1-4-14(9-12)19-17(22)13-6-8-23-11-13/h1,3-4,6,8-9,11,15H,2,5,7,10H2,(H2,18,21)(H,19,22)/t15-/m0/s1. The summed E-state index contributed by atoms with van der Waals surface area (Å²) in [6.07, 6.45) is 1.81. The first kappa shape index (κ1) is 15.7. The predicted molar refractivity (Wildman–Crippen MR) is 91.3 cm³/mol. The highest BCUT2D eigenvalue weighted by Gasteiger charge is 2.28. The van der Waals surface area contributed by atoms with Gasteiger partial charge in [0.2, 0.25) is 5.91 Å². The highest BCUT2D eigenvalue weighted by Crippen LogP contribution is 2.21. The Bertz CT molecular complexity index is 700. The fraction of sp³-hybridized carbons (Fsp3) is 0.294. The molecule has 2 heterocycles. The van der Waals surface area contributed by atoms with Crippen molar-refractivity contribution in [3.63, 3.8) is 0 Å². The number of nitrogens with one attached hydrogen (secondary N) is 1. The van der Waals surface area contributed by atoms with E-state index in [1.807, 2.05) is 35.0 Å². The summed E-state index contributed by atoms with van der Waals surface area (Å²) in [5, 5.41) is 6.60. The average molecular weight is 329 g/mol. The Morgan fingerprint density at radius 2 is 2.22 bits per heavy atom. The Morgan fingerprint density at radius 3 is 2.96 bits per heavy atom. The van der Waals surface area contributed by atoms with Crippen LogP contribution in [0.2, 0.25) is 0 Å². The number of rotatable bonds is 5. The molecule has 0 aliphatic carbocycles. The van der Waals surface area contributed by atoms with Crippen molar-refractivity contribution in [2.45, 2.75) is 25.4 Å². The fourth-order valence-corrected chi connectivity index (χ4v) is 3.55. The molecule has 1 aliphatic rings. The van der Waals surface area contributed by atoms with Crippen LogP contribution in [-0.4, -0.2) is 29.3 Å². The largest absolute Gasteiger partial charge is 0.368 e. The average Bonchev–Trinajstić information content (AvgIpc) is 3.18. The van der Waals surface area contributed by atoms with Crippen molar-refractivity contribution in [3.8, 4) is 0 Å². The number of likely N-dealkylation sites (tertiary alicyclic amines) is 1. The molecule has 0 bridgehead atoms. The van der Waals surface area contributed by atoms with E-state index in [2.05, 4.69) is 10.2 Å². The number of carbonyl (C=O) groups is 2. The lowest BCUT2D eigenvalue weighted by molar-refractivity contribution is -0.122. The zero-order chi connectivity index (χ0) is 16.2. The molecule has 1 fully saturated rings. The number of primary amides is 1. The van der Waals surface area contributed by atoms with Crippen molar-refractivity contribution in [2.75, 3.05) is 11.9 Å². The van der Waals surface area contributed by atoms with Crippen molar-refractivity contribution < 1.29 is 9.59 Å². The topological polar surface area (TPSA) is 75.4 Å². The van der Waals surface area contributed by atoms with Crippen LogP contribution in [0.5, 0.6) is 0 Å². The van der Waals surface area contributed by atoms with Gasteiger partial charge >= 0.3 is 0 Å². The molecule has 2 aromatic rings. The number of benzene rings is 1. The Balaban J connectivity index is 1.68. The third-order valence-electron chi connectivity index (χ3n) is 4.05. The summed E-state index contributed by atoms with van der Waals surface area (Å²) < 4.78 is 0. The van der Waals surface area contributed by atoms with E-state index in [0.717, 1.165) is 30.6 Å². The van der Waals surface area contributed by atoms with Crippen LogP contribution in [0, 0.1) is 0 Å². The summed E-state index contributed by atoms with van der Waals surface area (Å²) in [6, 6.07) is 9.33. The molecule has 1 atom stereocenters. The second-order valence-corrected chi connectivity index (χ2v) is 6.48. The maximum Gasteiger partial charge on any atom is 0.256 e. The third kappa shape index (κ3) is 3.78. The Hall–Kier alpha value is -2.18. The molecule has 6 heteroatoms.